The highest BCUT2D eigenvalue weighted by molar-refractivity contribution is 7.10. The van der Waals surface area contributed by atoms with Crippen LogP contribution in [0.25, 0.3) is 5.76 Å². The molecule has 1 amide bonds. The van der Waals surface area contributed by atoms with Crippen LogP contribution in [0.5, 0.6) is 5.75 Å². The zero-order valence-electron chi connectivity index (χ0n) is 16.0. The van der Waals surface area contributed by atoms with Crippen LogP contribution in [0.15, 0.2) is 47.4 Å². The topological polar surface area (TPSA) is 76.1 Å². The van der Waals surface area contributed by atoms with Crippen LogP contribution >= 0.6 is 11.3 Å². The predicted molar refractivity (Wildman–Crippen MR) is 107 cm³/mol. The second kappa shape index (κ2) is 8.58. The van der Waals surface area contributed by atoms with Crippen LogP contribution in [0.2, 0.25) is 0 Å². The van der Waals surface area contributed by atoms with Crippen LogP contribution in [0.1, 0.15) is 30.3 Å². The Kier molecular flexibility index (Phi) is 6.16. The number of Topliss-reactive ketones (excluding diaryl/α,β-unsaturated/α-hetero) is 1. The molecular formula is C21H23NO5S. The molecule has 1 saturated heterocycles. The van der Waals surface area contributed by atoms with Crippen molar-refractivity contribution in [2.45, 2.75) is 26.0 Å². The molecule has 2 heterocycles. The highest BCUT2D eigenvalue weighted by Gasteiger charge is 2.46. The molecule has 2 aromatic rings. The van der Waals surface area contributed by atoms with Gasteiger partial charge in [0.25, 0.3) is 11.7 Å². The van der Waals surface area contributed by atoms with Gasteiger partial charge in [0.1, 0.15) is 11.5 Å². The van der Waals surface area contributed by atoms with E-state index in [0.29, 0.717) is 17.9 Å². The van der Waals surface area contributed by atoms with Gasteiger partial charge in [-0.05, 0) is 49.6 Å². The molecule has 1 aliphatic heterocycles. The zero-order valence-corrected chi connectivity index (χ0v) is 16.9. The number of thiophene rings is 1. The van der Waals surface area contributed by atoms with Gasteiger partial charge >= 0.3 is 0 Å². The molecule has 1 aromatic heterocycles. The van der Waals surface area contributed by atoms with E-state index in [0.717, 1.165) is 4.88 Å². The molecule has 0 spiro atoms. The minimum absolute atomic E-state index is 0.0318. The van der Waals surface area contributed by atoms with Crippen LogP contribution in [-0.2, 0) is 14.3 Å². The summed E-state index contributed by atoms with van der Waals surface area (Å²) in [5.41, 5.74) is 0.559. The number of likely N-dealkylation sites (tertiary alicyclic amines) is 1. The van der Waals surface area contributed by atoms with Crippen molar-refractivity contribution in [1.29, 1.82) is 0 Å². The smallest absolute Gasteiger partial charge is 0.295 e. The molecule has 3 rings (SSSR count). The number of carbonyl (C=O) groups is 2. The summed E-state index contributed by atoms with van der Waals surface area (Å²) < 4.78 is 10.7. The summed E-state index contributed by atoms with van der Waals surface area (Å²) in [4.78, 5) is 27.6. The molecule has 0 aliphatic carbocycles. The Balaban J connectivity index is 2.03. The first kappa shape index (κ1) is 20.1. The first-order chi connectivity index (χ1) is 13.4. The normalized spacial score (nSPS) is 18.9. The van der Waals surface area contributed by atoms with Gasteiger partial charge in [0.15, 0.2) is 0 Å². The molecule has 1 aliphatic rings. The van der Waals surface area contributed by atoms with Crippen molar-refractivity contribution in [2.75, 3.05) is 20.3 Å². The highest BCUT2D eigenvalue weighted by atomic mass is 32.1. The number of hydrogen-bond donors (Lipinski definition) is 1. The standard InChI is InChI=1S/C21H23NO5S/c1-13(2)27-15-8-6-14(7-9-15)19(23)17-18(16-5-4-12-28-16)22(10-11-26-3)21(25)20(17)24/h4-9,12-13,18,23H,10-11H2,1-3H3/t18-/m1/s1. The van der Waals surface area contributed by atoms with Crippen LogP contribution < -0.4 is 4.74 Å². The van der Waals surface area contributed by atoms with Crippen LogP contribution in [0.4, 0.5) is 0 Å². The number of ether oxygens (including phenoxy) is 2. The van der Waals surface area contributed by atoms with E-state index in [1.807, 2.05) is 31.4 Å². The minimum atomic E-state index is -0.686. The number of aliphatic hydroxyl groups is 1. The lowest BCUT2D eigenvalue weighted by Crippen LogP contribution is -2.32. The summed E-state index contributed by atoms with van der Waals surface area (Å²) in [6.07, 6.45) is 0.0318. The summed E-state index contributed by atoms with van der Waals surface area (Å²) in [6.45, 7) is 4.42. The number of rotatable bonds is 7. The second-order valence-electron chi connectivity index (χ2n) is 6.69. The fraction of sp³-hybridized carbons (Fsp3) is 0.333. The van der Waals surface area contributed by atoms with Gasteiger partial charge in [-0.3, -0.25) is 9.59 Å². The van der Waals surface area contributed by atoms with Gasteiger partial charge < -0.3 is 19.5 Å². The van der Waals surface area contributed by atoms with Gasteiger partial charge in [-0.15, -0.1) is 11.3 Å². The summed E-state index contributed by atoms with van der Waals surface area (Å²) in [6, 6.07) is 9.92. The van der Waals surface area contributed by atoms with Crippen LogP contribution in [-0.4, -0.2) is 48.1 Å². The highest BCUT2D eigenvalue weighted by Crippen LogP contribution is 2.41. The van der Waals surface area contributed by atoms with Crippen LogP contribution in [0, 0.1) is 0 Å². The lowest BCUT2D eigenvalue weighted by molar-refractivity contribution is -0.140. The average molecular weight is 401 g/mol. The van der Waals surface area contributed by atoms with E-state index < -0.39 is 17.7 Å². The first-order valence-electron chi connectivity index (χ1n) is 9.02. The van der Waals surface area contributed by atoms with Crippen molar-refractivity contribution in [1.82, 2.24) is 4.90 Å². The number of methoxy groups -OCH3 is 1. The molecule has 1 atom stereocenters. The maximum Gasteiger partial charge on any atom is 0.295 e. The zero-order chi connectivity index (χ0) is 20.3. The summed E-state index contributed by atoms with van der Waals surface area (Å²) in [5, 5.41) is 12.8. The maximum atomic E-state index is 12.7. The van der Waals surface area contributed by atoms with Crippen molar-refractivity contribution in [2.24, 2.45) is 0 Å². The molecule has 7 heteroatoms. The van der Waals surface area contributed by atoms with E-state index >= 15 is 0 Å². The Bertz CT molecular complexity index is 871. The third-order valence-corrected chi connectivity index (χ3v) is 5.31. The Labute approximate surface area is 168 Å². The number of aliphatic hydroxyl groups excluding tert-OH is 1. The number of hydrogen-bond acceptors (Lipinski definition) is 6. The molecule has 0 radical (unpaired) electrons. The average Bonchev–Trinajstić information content (AvgIpc) is 3.27. The first-order valence-corrected chi connectivity index (χ1v) is 9.89. The van der Waals surface area contributed by atoms with Crippen molar-refractivity contribution in [3.63, 3.8) is 0 Å². The molecule has 148 valence electrons. The monoisotopic (exact) mass is 401 g/mol. The maximum absolute atomic E-state index is 12.7. The molecule has 0 unspecified atom stereocenters. The summed E-state index contributed by atoms with van der Waals surface area (Å²) in [5.74, 6) is -0.832. The van der Waals surface area contributed by atoms with Gasteiger partial charge in [0.2, 0.25) is 0 Å². The Morgan fingerprint density at radius 3 is 2.50 bits per heavy atom. The van der Waals surface area contributed by atoms with E-state index in [-0.39, 0.29) is 24.0 Å². The fourth-order valence-corrected chi connectivity index (χ4v) is 4.01. The summed E-state index contributed by atoms with van der Waals surface area (Å²) >= 11 is 1.43. The molecule has 1 aromatic carbocycles. The molecule has 1 fully saturated rings. The minimum Gasteiger partial charge on any atom is -0.507 e. The SMILES string of the molecule is COCCN1C(=O)C(=O)C(=C(O)c2ccc(OC(C)C)cc2)[C@H]1c1cccs1. The molecule has 6 nitrogen and oxygen atoms in total. The number of nitrogens with zero attached hydrogens (tertiary/aromatic N) is 1. The predicted octanol–water partition coefficient (Wildman–Crippen LogP) is 3.60. The van der Waals surface area contributed by atoms with E-state index in [1.54, 1.807) is 24.3 Å². The molecule has 1 N–H and O–H groups in total. The van der Waals surface area contributed by atoms with Crippen molar-refractivity contribution >= 4 is 28.8 Å². The third kappa shape index (κ3) is 3.95. The van der Waals surface area contributed by atoms with E-state index in [4.69, 9.17) is 9.47 Å². The fourth-order valence-electron chi connectivity index (χ4n) is 3.16. The number of amides is 1. The molecular weight excluding hydrogens is 378 g/mol. The molecule has 0 bridgehead atoms. The number of ketones is 1. The third-order valence-electron chi connectivity index (χ3n) is 4.39. The van der Waals surface area contributed by atoms with Crippen molar-refractivity contribution in [3.8, 4) is 5.75 Å². The Morgan fingerprint density at radius 1 is 1.21 bits per heavy atom. The number of carbonyl (C=O) groups excluding carboxylic acids is 2. The van der Waals surface area contributed by atoms with Gasteiger partial charge in [-0.2, -0.15) is 0 Å². The lowest BCUT2D eigenvalue weighted by atomic mass is 10.00. The Hall–Kier alpha value is -2.64. The molecule has 0 saturated carbocycles. The van der Waals surface area contributed by atoms with Crippen molar-refractivity contribution < 1.29 is 24.2 Å². The van der Waals surface area contributed by atoms with Gasteiger partial charge in [-0.25, -0.2) is 0 Å². The van der Waals surface area contributed by atoms with Crippen LogP contribution in [0.3, 0.4) is 0 Å². The van der Waals surface area contributed by atoms with Gasteiger partial charge in [0, 0.05) is 24.1 Å². The largest absolute Gasteiger partial charge is 0.507 e. The number of benzene rings is 1. The second-order valence-corrected chi connectivity index (χ2v) is 7.67. The quantitative estimate of drug-likeness (QED) is 0.436. The van der Waals surface area contributed by atoms with E-state index in [1.165, 1.54) is 23.3 Å². The van der Waals surface area contributed by atoms with E-state index in [9.17, 15) is 14.7 Å². The van der Waals surface area contributed by atoms with E-state index in [2.05, 4.69) is 0 Å². The molecule has 28 heavy (non-hydrogen) atoms. The van der Waals surface area contributed by atoms with Gasteiger partial charge in [0.05, 0.1) is 24.3 Å². The Morgan fingerprint density at radius 2 is 1.93 bits per heavy atom. The van der Waals surface area contributed by atoms with Gasteiger partial charge in [-0.1, -0.05) is 6.07 Å². The lowest BCUT2D eigenvalue weighted by Gasteiger charge is -2.23. The summed E-state index contributed by atoms with van der Waals surface area (Å²) in [7, 11) is 1.54. The van der Waals surface area contributed by atoms with Crippen molar-refractivity contribution in [3.05, 3.63) is 57.8 Å².